The van der Waals surface area contributed by atoms with Crippen molar-refractivity contribution in [3.63, 3.8) is 0 Å². The monoisotopic (exact) mass is 323 g/mol. The smallest absolute Gasteiger partial charge is 0.303 e. The first-order valence-corrected chi connectivity index (χ1v) is 7.65. The Kier molecular flexibility index (Phi) is 3.92. The van der Waals surface area contributed by atoms with E-state index in [0.717, 1.165) is 10.8 Å². The number of aromatic nitrogens is 5. The fourth-order valence-corrected chi connectivity index (χ4v) is 3.46. The second kappa shape index (κ2) is 5.87. The van der Waals surface area contributed by atoms with Gasteiger partial charge in [-0.15, -0.1) is 0 Å². The third-order valence-corrected chi connectivity index (χ3v) is 4.53. The summed E-state index contributed by atoms with van der Waals surface area (Å²) in [6.45, 7) is 1.30. The van der Waals surface area contributed by atoms with Crippen LogP contribution in [0.1, 0.15) is 18.0 Å². The van der Waals surface area contributed by atoms with Crippen molar-refractivity contribution >= 4 is 28.6 Å². The van der Waals surface area contributed by atoms with Crippen molar-refractivity contribution in [1.82, 2.24) is 24.8 Å². The third-order valence-electron chi connectivity index (χ3n) is 3.77. The molecule has 2 aromatic heterocycles. The van der Waals surface area contributed by atoms with E-state index in [1.165, 1.54) is 11.5 Å². The third kappa shape index (κ3) is 2.86. The maximum Gasteiger partial charge on any atom is 0.303 e. The van der Waals surface area contributed by atoms with Crippen LogP contribution in [0.4, 0.5) is 11.1 Å². The van der Waals surface area contributed by atoms with Crippen molar-refractivity contribution in [2.24, 2.45) is 5.92 Å². The predicted molar refractivity (Wildman–Crippen MR) is 81.3 cm³/mol. The Morgan fingerprint density at radius 3 is 2.95 bits per heavy atom. The van der Waals surface area contributed by atoms with Gasteiger partial charge in [-0.25, -0.2) is 0 Å². The largest absolute Gasteiger partial charge is 0.481 e. The van der Waals surface area contributed by atoms with Gasteiger partial charge in [0.1, 0.15) is 0 Å². The molecule has 3 heterocycles. The fourth-order valence-electron chi connectivity index (χ4n) is 2.70. The highest BCUT2D eigenvalue weighted by atomic mass is 32.1. The Hall–Kier alpha value is -2.23. The van der Waals surface area contributed by atoms with Crippen LogP contribution < -0.4 is 9.80 Å². The number of carboxylic acids is 1. The number of carboxylic acid groups (broad SMARTS) is 1. The molecule has 3 rings (SSSR count). The summed E-state index contributed by atoms with van der Waals surface area (Å²) in [5, 5.41) is 20.5. The quantitative estimate of drug-likeness (QED) is 0.814. The zero-order chi connectivity index (χ0) is 15.7. The van der Waals surface area contributed by atoms with Gasteiger partial charge < -0.3 is 14.9 Å². The first kappa shape index (κ1) is 14.7. The van der Waals surface area contributed by atoms with Gasteiger partial charge in [-0.05, 0) is 5.92 Å². The van der Waals surface area contributed by atoms with Crippen molar-refractivity contribution in [2.75, 3.05) is 37.0 Å². The molecule has 22 heavy (non-hydrogen) atoms. The van der Waals surface area contributed by atoms with E-state index in [1.54, 1.807) is 6.20 Å². The molecule has 2 N–H and O–H groups in total. The number of nitrogens with zero attached hydrogens (tertiary/aromatic N) is 6. The maximum atomic E-state index is 11.1. The summed E-state index contributed by atoms with van der Waals surface area (Å²) in [6, 6.07) is 0. The summed E-state index contributed by atoms with van der Waals surface area (Å²) in [7, 11) is 3.78. The normalized spacial score (nSPS) is 21.3. The number of nitrogens with one attached hydrogen (secondary N) is 1. The molecule has 0 radical (unpaired) electrons. The van der Waals surface area contributed by atoms with Gasteiger partial charge in [0.25, 0.3) is 0 Å². The van der Waals surface area contributed by atoms with E-state index in [0.29, 0.717) is 19.0 Å². The van der Waals surface area contributed by atoms with Crippen LogP contribution in [0.5, 0.6) is 0 Å². The molecule has 0 amide bonds. The molecule has 1 aliphatic rings. The van der Waals surface area contributed by atoms with Crippen LogP contribution in [0.15, 0.2) is 6.20 Å². The summed E-state index contributed by atoms with van der Waals surface area (Å²) in [6.07, 6.45) is 1.77. The van der Waals surface area contributed by atoms with Crippen molar-refractivity contribution < 1.29 is 9.90 Å². The highest BCUT2D eigenvalue weighted by Gasteiger charge is 2.38. The van der Waals surface area contributed by atoms with E-state index in [2.05, 4.69) is 29.7 Å². The number of hydrogen-bond donors (Lipinski definition) is 2. The lowest BCUT2D eigenvalue weighted by Gasteiger charge is -2.13. The number of hydrogen-bond acceptors (Lipinski definition) is 8. The summed E-state index contributed by atoms with van der Waals surface area (Å²) in [4.78, 5) is 19.5. The molecular weight excluding hydrogens is 306 g/mol. The molecule has 1 aliphatic heterocycles. The van der Waals surface area contributed by atoms with Crippen molar-refractivity contribution in [1.29, 1.82) is 0 Å². The molecule has 0 saturated carbocycles. The predicted octanol–water partition coefficient (Wildman–Crippen LogP) is 0.417. The molecule has 0 bridgehead atoms. The lowest BCUT2D eigenvalue weighted by Crippen LogP contribution is -2.20. The Bertz CT molecular complexity index is 642. The van der Waals surface area contributed by atoms with E-state index in [9.17, 15) is 4.79 Å². The molecule has 0 aromatic carbocycles. The molecule has 0 spiro atoms. The average Bonchev–Trinajstić information content (AvgIpc) is 3.18. The zero-order valence-corrected chi connectivity index (χ0v) is 13.1. The Balaban J connectivity index is 1.81. The molecule has 118 valence electrons. The minimum absolute atomic E-state index is 0.0192. The van der Waals surface area contributed by atoms with Crippen molar-refractivity contribution in [2.45, 2.75) is 12.3 Å². The zero-order valence-electron chi connectivity index (χ0n) is 12.3. The van der Waals surface area contributed by atoms with Gasteiger partial charge in [-0.3, -0.25) is 4.79 Å². The molecule has 1 saturated heterocycles. The average molecular weight is 323 g/mol. The molecule has 0 aliphatic carbocycles. The van der Waals surface area contributed by atoms with Gasteiger partial charge in [0.2, 0.25) is 11.1 Å². The van der Waals surface area contributed by atoms with Crippen LogP contribution in [0.25, 0.3) is 0 Å². The molecule has 0 unspecified atom stereocenters. The van der Waals surface area contributed by atoms with Crippen molar-refractivity contribution in [3.05, 3.63) is 11.9 Å². The van der Waals surface area contributed by atoms with Crippen LogP contribution >= 0.6 is 11.5 Å². The van der Waals surface area contributed by atoms with E-state index >= 15 is 0 Å². The van der Waals surface area contributed by atoms with Crippen LogP contribution in [-0.2, 0) is 4.79 Å². The SMILES string of the molecule is CN(C)c1nsc(N2C[C@@H](CC(=O)O)[C@@H](c3cn[nH]n3)C2)n1. The van der Waals surface area contributed by atoms with E-state index in [4.69, 9.17) is 5.11 Å². The summed E-state index contributed by atoms with van der Waals surface area (Å²) >= 11 is 1.33. The highest BCUT2D eigenvalue weighted by Crippen LogP contribution is 2.37. The maximum absolute atomic E-state index is 11.1. The first-order chi connectivity index (χ1) is 10.5. The molecule has 2 atom stereocenters. The van der Waals surface area contributed by atoms with Gasteiger partial charge in [0.15, 0.2) is 0 Å². The van der Waals surface area contributed by atoms with Crippen LogP contribution in [0.2, 0.25) is 0 Å². The van der Waals surface area contributed by atoms with Gasteiger partial charge in [0, 0.05) is 44.6 Å². The number of aliphatic carboxylic acids is 1. The Morgan fingerprint density at radius 2 is 2.36 bits per heavy atom. The lowest BCUT2D eigenvalue weighted by atomic mass is 9.91. The Labute approximate surface area is 131 Å². The van der Waals surface area contributed by atoms with E-state index < -0.39 is 5.97 Å². The second-order valence-electron chi connectivity index (χ2n) is 5.54. The number of rotatable bonds is 5. The first-order valence-electron chi connectivity index (χ1n) is 6.88. The van der Waals surface area contributed by atoms with Crippen LogP contribution in [-0.4, -0.2) is 63.0 Å². The number of anilines is 2. The van der Waals surface area contributed by atoms with Crippen molar-refractivity contribution in [3.8, 4) is 0 Å². The highest BCUT2D eigenvalue weighted by molar-refractivity contribution is 7.09. The molecular formula is C12H17N7O2S. The Morgan fingerprint density at radius 1 is 1.55 bits per heavy atom. The molecule has 1 fully saturated rings. The number of carbonyl (C=O) groups is 1. The van der Waals surface area contributed by atoms with Gasteiger partial charge in [0.05, 0.1) is 18.3 Å². The summed E-state index contributed by atoms with van der Waals surface area (Å²) < 4.78 is 4.30. The standard InChI is InChI=1S/C12H17N7O2S/c1-18(2)11-14-12(22-16-11)19-5-7(3-10(20)21)8(6-19)9-4-13-17-15-9/h4,7-8H,3,5-6H2,1-2H3,(H,20,21)(H,13,15,17)/t7-,8+/m1/s1. The second-order valence-corrected chi connectivity index (χ2v) is 6.27. The minimum Gasteiger partial charge on any atom is -0.481 e. The summed E-state index contributed by atoms with van der Waals surface area (Å²) in [5.74, 6) is -0.123. The molecule has 9 nitrogen and oxygen atoms in total. The van der Waals surface area contributed by atoms with Gasteiger partial charge in [-0.2, -0.15) is 24.8 Å². The van der Waals surface area contributed by atoms with E-state index in [-0.39, 0.29) is 18.3 Å². The number of H-pyrrole nitrogens is 1. The van der Waals surface area contributed by atoms with Gasteiger partial charge >= 0.3 is 5.97 Å². The minimum atomic E-state index is -0.799. The van der Waals surface area contributed by atoms with E-state index in [1.807, 2.05) is 19.0 Å². The molecule has 10 heteroatoms. The number of aromatic amines is 1. The molecule has 2 aromatic rings. The topological polar surface area (TPSA) is 111 Å². The summed E-state index contributed by atoms with van der Waals surface area (Å²) in [5.41, 5.74) is 0.797. The lowest BCUT2D eigenvalue weighted by molar-refractivity contribution is -0.138. The van der Waals surface area contributed by atoms with Gasteiger partial charge in [-0.1, -0.05) is 0 Å². The fraction of sp³-hybridized carbons (Fsp3) is 0.583. The van der Waals surface area contributed by atoms with Crippen LogP contribution in [0, 0.1) is 5.92 Å². The van der Waals surface area contributed by atoms with Crippen LogP contribution in [0.3, 0.4) is 0 Å².